The fourth-order valence-corrected chi connectivity index (χ4v) is 10.3. The Kier molecular flexibility index (Phi) is 10.1. The molecule has 2 aromatic carbocycles. The van der Waals surface area contributed by atoms with Gasteiger partial charge in [0.2, 0.25) is 5.88 Å². The van der Waals surface area contributed by atoms with Crippen molar-refractivity contribution in [1.29, 1.82) is 5.26 Å². The average Bonchev–Trinajstić information content (AvgIpc) is 3.42. The van der Waals surface area contributed by atoms with Crippen LogP contribution in [0, 0.1) is 11.3 Å². The number of nitriles is 1. The SMILES string of the molecule is CCOc1ncccc1[C@]1(NC(=O)N2CC([N+]3(C4CCNCC4)CCC(F)(F)CC3)C2)C(=O)N(S(=O)(=O)c2ccc(OC)cc2OC)c2ccc(C#N)cc21. The molecule has 0 saturated carbocycles. The van der Waals surface area contributed by atoms with Crippen LogP contribution in [0.1, 0.15) is 49.3 Å². The number of pyridine rings is 1. The Morgan fingerprint density at radius 3 is 2.44 bits per heavy atom. The number of urea groups is 1. The second-order valence-electron chi connectivity index (χ2n) is 14.4. The number of fused-ring (bicyclic) bond motifs is 1. The van der Waals surface area contributed by atoms with Crippen LogP contribution >= 0.6 is 0 Å². The van der Waals surface area contributed by atoms with Crippen LogP contribution in [0.25, 0.3) is 0 Å². The highest BCUT2D eigenvalue weighted by Crippen LogP contribution is 2.50. The number of alkyl halides is 2. The van der Waals surface area contributed by atoms with Crippen LogP contribution in [0.15, 0.2) is 59.6 Å². The van der Waals surface area contributed by atoms with Crippen LogP contribution in [0.5, 0.6) is 17.4 Å². The number of halogens is 2. The minimum atomic E-state index is -4.77. The van der Waals surface area contributed by atoms with Crippen LogP contribution < -0.4 is 29.1 Å². The normalized spacial score (nSPS) is 22.3. The lowest BCUT2D eigenvalue weighted by Crippen LogP contribution is -2.76. The quantitative estimate of drug-likeness (QED) is 0.290. The topological polar surface area (TPSA) is 163 Å². The zero-order chi connectivity index (χ0) is 39.2. The Hall–Kier alpha value is -5.05. The summed E-state index contributed by atoms with van der Waals surface area (Å²) in [6, 6.07) is 12.7. The van der Waals surface area contributed by atoms with Gasteiger partial charge in [-0.3, -0.25) is 4.79 Å². The molecule has 1 atom stereocenters. The molecule has 0 unspecified atom stereocenters. The molecule has 292 valence electrons. The van der Waals surface area contributed by atoms with E-state index in [-0.39, 0.29) is 83.5 Å². The van der Waals surface area contributed by atoms with Gasteiger partial charge in [-0.1, -0.05) is 0 Å². The first kappa shape index (κ1) is 38.2. The van der Waals surface area contributed by atoms with E-state index in [0.717, 1.165) is 25.9 Å². The lowest BCUT2D eigenvalue weighted by Gasteiger charge is -2.58. The summed E-state index contributed by atoms with van der Waals surface area (Å²) in [5.41, 5.74) is -2.17. The van der Waals surface area contributed by atoms with Crippen molar-refractivity contribution < 1.29 is 45.5 Å². The molecule has 4 aliphatic heterocycles. The van der Waals surface area contributed by atoms with Gasteiger partial charge in [-0.25, -0.2) is 27.0 Å². The molecule has 3 saturated heterocycles. The van der Waals surface area contributed by atoms with Gasteiger partial charge in [0.15, 0.2) is 5.54 Å². The van der Waals surface area contributed by atoms with E-state index >= 15 is 4.79 Å². The third-order valence-corrected chi connectivity index (χ3v) is 13.3. The highest BCUT2D eigenvalue weighted by molar-refractivity contribution is 7.93. The van der Waals surface area contributed by atoms with Crippen molar-refractivity contribution in [1.82, 2.24) is 20.5 Å². The molecule has 14 nitrogen and oxygen atoms in total. The number of quaternary nitrogens is 1. The molecule has 55 heavy (non-hydrogen) atoms. The van der Waals surface area contributed by atoms with Gasteiger partial charge in [-0.2, -0.15) is 9.57 Å². The Morgan fingerprint density at radius 2 is 1.78 bits per heavy atom. The zero-order valence-electron chi connectivity index (χ0n) is 30.9. The smallest absolute Gasteiger partial charge is 0.319 e. The maximum Gasteiger partial charge on any atom is 0.319 e. The van der Waals surface area contributed by atoms with E-state index in [0.29, 0.717) is 27.6 Å². The maximum absolute atomic E-state index is 15.3. The van der Waals surface area contributed by atoms with E-state index in [1.807, 2.05) is 0 Å². The highest BCUT2D eigenvalue weighted by Gasteiger charge is 2.61. The number of piperidine rings is 2. The first-order chi connectivity index (χ1) is 26.3. The van der Waals surface area contributed by atoms with Crippen molar-refractivity contribution in [2.24, 2.45) is 0 Å². The first-order valence-electron chi connectivity index (χ1n) is 18.3. The van der Waals surface area contributed by atoms with Gasteiger partial charge in [0.25, 0.3) is 21.9 Å². The number of methoxy groups -OCH3 is 2. The standard InChI is InChI=1S/C38H43F2N7O7S/c1-4-54-34-29(6-5-15-43-34)38(44-36(49)45-23-27(24-45)47(26-11-16-42-17-12-26)18-13-37(39,40)14-19-47)30-20-25(22-41)7-9-31(30)46(35(38)48)55(50,51)33-10-8-28(52-2)21-32(33)53-3/h5-10,15,20-21,26-27,42H,4,11-14,16-19,23-24H2,1-3H3/p+1/t38-/m1/s1. The second-order valence-corrected chi connectivity index (χ2v) is 16.1. The average molecular weight is 781 g/mol. The summed E-state index contributed by atoms with van der Waals surface area (Å²) in [7, 11) is -2.07. The Morgan fingerprint density at radius 1 is 1.05 bits per heavy atom. The number of amides is 3. The molecule has 3 aromatic rings. The number of carbonyl (C=O) groups is 2. The van der Waals surface area contributed by atoms with Crippen molar-refractivity contribution in [2.45, 2.75) is 61.0 Å². The summed E-state index contributed by atoms with van der Waals surface area (Å²) >= 11 is 0. The number of anilines is 1. The predicted molar refractivity (Wildman–Crippen MR) is 196 cm³/mol. The lowest BCUT2D eigenvalue weighted by atomic mass is 9.83. The zero-order valence-corrected chi connectivity index (χ0v) is 31.7. The number of benzene rings is 2. The summed E-state index contributed by atoms with van der Waals surface area (Å²) < 4.78 is 76.1. The fraction of sp³-hybridized carbons (Fsp3) is 0.474. The number of nitrogens with one attached hydrogen (secondary N) is 2. The number of nitrogens with zero attached hydrogens (tertiary/aromatic N) is 5. The molecule has 3 fully saturated rings. The largest absolute Gasteiger partial charge is 0.497 e. The number of aromatic nitrogens is 1. The third kappa shape index (κ3) is 6.39. The molecule has 17 heteroatoms. The van der Waals surface area contributed by atoms with Crippen LogP contribution in [-0.2, 0) is 20.4 Å². The first-order valence-corrected chi connectivity index (χ1v) is 19.8. The monoisotopic (exact) mass is 780 g/mol. The number of ether oxygens (including phenoxy) is 3. The molecule has 0 aliphatic carbocycles. The van der Waals surface area contributed by atoms with Crippen LogP contribution in [0.3, 0.4) is 0 Å². The van der Waals surface area contributed by atoms with E-state index in [1.54, 1.807) is 6.92 Å². The Labute approximate surface area is 318 Å². The molecule has 7 rings (SSSR count). The Balaban J connectivity index is 1.31. The number of hydrogen-bond donors (Lipinski definition) is 2. The molecule has 5 heterocycles. The molecule has 0 bridgehead atoms. The summed E-state index contributed by atoms with van der Waals surface area (Å²) in [5, 5.41) is 16.3. The molecular formula is C38H44F2N7O7S+. The molecule has 3 amide bonds. The fourth-order valence-electron chi connectivity index (χ4n) is 8.68. The van der Waals surface area contributed by atoms with Crippen LogP contribution in [-0.4, -0.2) is 113 Å². The number of carbonyl (C=O) groups excluding carboxylic acids is 2. The number of hydrogen-bond acceptors (Lipinski definition) is 10. The van der Waals surface area contributed by atoms with E-state index in [1.165, 1.54) is 73.8 Å². The van der Waals surface area contributed by atoms with Crippen molar-refractivity contribution >= 4 is 27.6 Å². The van der Waals surface area contributed by atoms with Crippen LogP contribution in [0.2, 0.25) is 0 Å². The van der Waals surface area contributed by atoms with Gasteiger partial charge < -0.3 is 34.2 Å². The second kappa shape index (κ2) is 14.5. The van der Waals surface area contributed by atoms with Gasteiger partial charge in [-0.15, -0.1) is 0 Å². The molecule has 4 aliphatic rings. The number of rotatable bonds is 10. The molecule has 0 radical (unpaired) electrons. The molecule has 2 N–H and O–H groups in total. The minimum absolute atomic E-state index is 0.0171. The predicted octanol–water partition coefficient (Wildman–Crippen LogP) is 3.74. The van der Waals surface area contributed by atoms with Crippen LogP contribution in [0.4, 0.5) is 19.3 Å². The van der Waals surface area contributed by atoms with Crippen molar-refractivity contribution in [3.63, 3.8) is 0 Å². The number of likely N-dealkylation sites (tertiary alicyclic amines) is 2. The van der Waals surface area contributed by atoms with Gasteiger partial charge in [0, 0.05) is 43.8 Å². The van der Waals surface area contributed by atoms with Crippen molar-refractivity contribution in [3.8, 4) is 23.4 Å². The van der Waals surface area contributed by atoms with E-state index in [9.17, 15) is 27.3 Å². The minimum Gasteiger partial charge on any atom is -0.497 e. The summed E-state index contributed by atoms with van der Waals surface area (Å²) in [4.78, 5) is 35.4. The maximum atomic E-state index is 15.3. The lowest BCUT2D eigenvalue weighted by molar-refractivity contribution is -0.984. The van der Waals surface area contributed by atoms with E-state index in [4.69, 9.17) is 14.2 Å². The van der Waals surface area contributed by atoms with Crippen molar-refractivity contribution in [3.05, 3.63) is 71.4 Å². The van der Waals surface area contributed by atoms with Gasteiger partial charge in [0.1, 0.15) is 22.4 Å². The molecule has 0 spiro atoms. The van der Waals surface area contributed by atoms with Gasteiger partial charge in [-0.05, 0) is 49.4 Å². The Bertz CT molecular complexity index is 2130. The summed E-state index contributed by atoms with van der Waals surface area (Å²) in [6.45, 7) is 4.53. The summed E-state index contributed by atoms with van der Waals surface area (Å²) in [6.07, 6.45) is 2.68. The molecular weight excluding hydrogens is 737 g/mol. The van der Waals surface area contributed by atoms with Gasteiger partial charge in [0.05, 0.1) is 88.8 Å². The van der Waals surface area contributed by atoms with E-state index < -0.39 is 33.4 Å². The van der Waals surface area contributed by atoms with Crippen molar-refractivity contribution in [2.75, 3.05) is 64.4 Å². The number of sulfonamides is 1. The van der Waals surface area contributed by atoms with E-state index in [2.05, 4.69) is 21.7 Å². The highest BCUT2D eigenvalue weighted by atomic mass is 32.2. The summed E-state index contributed by atoms with van der Waals surface area (Å²) in [5.74, 6) is -3.60. The third-order valence-electron chi connectivity index (χ3n) is 11.6. The molecule has 1 aromatic heterocycles. The van der Waals surface area contributed by atoms with Gasteiger partial charge >= 0.3 is 6.03 Å².